The second-order valence-corrected chi connectivity index (χ2v) is 5.30. The normalized spacial score (nSPS) is 10.5. The maximum absolute atomic E-state index is 13.2. The average Bonchev–Trinajstić information content (AvgIpc) is 3.10. The zero-order valence-corrected chi connectivity index (χ0v) is 13.5. The number of benzene rings is 2. The molecule has 0 atom stereocenters. The highest BCUT2D eigenvalue weighted by atomic mass is 19.1. The fraction of sp³-hybridized carbons (Fsp3) is 0.105. The van der Waals surface area contributed by atoms with Gasteiger partial charge in [0.25, 0.3) is 5.91 Å². The van der Waals surface area contributed by atoms with Crippen LogP contribution >= 0.6 is 0 Å². The van der Waals surface area contributed by atoms with E-state index in [0.29, 0.717) is 28.5 Å². The zero-order valence-electron chi connectivity index (χ0n) is 13.5. The van der Waals surface area contributed by atoms with Crippen LogP contribution in [0, 0.1) is 5.82 Å². The molecule has 0 bridgehead atoms. The molecule has 0 aliphatic carbocycles. The molecule has 0 saturated heterocycles. The summed E-state index contributed by atoms with van der Waals surface area (Å²) >= 11 is 0. The number of anilines is 1. The van der Waals surface area contributed by atoms with Gasteiger partial charge in [0.1, 0.15) is 29.7 Å². The number of hydrogen-bond acceptors (Lipinski definition) is 4. The second kappa shape index (κ2) is 7.19. The predicted molar refractivity (Wildman–Crippen MR) is 91.0 cm³/mol. The van der Waals surface area contributed by atoms with Crippen LogP contribution in [0.1, 0.15) is 16.1 Å². The smallest absolute Gasteiger partial charge is 0.255 e. The number of furan rings is 1. The minimum Gasteiger partial charge on any atom is -0.496 e. The summed E-state index contributed by atoms with van der Waals surface area (Å²) in [4.78, 5) is 12.2. The molecule has 2 aromatic carbocycles. The molecule has 2 N–H and O–H groups in total. The lowest BCUT2D eigenvalue weighted by molar-refractivity contribution is 0.102. The van der Waals surface area contributed by atoms with Gasteiger partial charge >= 0.3 is 0 Å². The fourth-order valence-electron chi connectivity index (χ4n) is 2.41. The van der Waals surface area contributed by atoms with Crippen molar-refractivity contribution in [2.24, 2.45) is 0 Å². The number of amides is 1. The summed E-state index contributed by atoms with van der Waals surface area (Å²) in [5.41, 5.74) is 1.41. The van der Waals surface area contributed by atoms with E-state index in [0.717, 1.165) is 0 Å². The first-order chi connectivity index (χ1) is 12.1. The van der Waals surface area contributed by atoms with E-state index >= 15 is 0 Å². The molecule has 128 valence electrons. The predicted octanol–water partition coefficient (Wildman–Crippen LogP) is 3.84. The Morgan fingerprint density at radius 3 is 2.72 bits per heavy atom. The van der Waals surface area contributed by atoms with Crippen molar-refractivity contribution in [3.05, 3.63) is 71.7 Å². The first kappa shape index (κ1) is 16.7. The molecule has 3 rings (SSSR count). The van der Waals surface area contributed by atoms with Gasteiger partial charge in [-0.1, -0.05) is 6.07 Å². The van der Waals surface area contributed by atoms with Crippen LogP contribution in [0.15, 0.2) is 59.0 Å². The molecule has 1 amide bonds. The standard InChI is InChI=1S/C19H16FNO4/c1-24-18-10-14(21-19(23)12-3-2-4-13(20)9-12)5-7-16(18)17-8-6-15(11-22)25-17/h2-10,22H,11H2,1H3,(H,21,23). The van der Waals surface area contributed by atoms with Crippen molar-refractivity contribution in [1.82, 2.24) is 0 Å². The minimum absolute atomic E-state index is 0.190. The van der Waals surface area contributed by atoms with Crippen LogP contribution in [0.25, 0.3) is 11.3 Å². The molecule has 0 saturated carbocycles. The summed E-state index contributed by atoms with van der Waals surface area (Å²) in [5.74, 6) is 0.591. The van der Waals surface area contributed by atoms with E-state index < -0.39 is 11.7 Å². The molecule has 5 nitrogen and oxygen atoms in total. The van der Waals surface area contributed by atoms with Crippen molar-refractivity contribution in [2.75, 3.05) is 12.4 Å². The number of halogens is 1. The van der Waals surface area contributed by atoms with Gasteiger partial charge in [0.15, 0.2) is 0 Å². The molecule has 0 spiro atoms. The number of hydrogen-bond donors (Lipinski definition) is 2. The Morgan fingerprint density at radius 1 is 1.20 bits per heavy atom. The summed E-state index contributed by atoms with van der Waals surface area (Å²) in [6.45, 7) is -0.190. The van der Waals surface area contributed by atoms with E-state index in [1.165, 1.54) is 31.4 Å². The fourth-order valence-corrected chi connectivity index (χ4v) is 2.41. The maximum atomic E-state index is 13.2. The molecular formula is C19H16FNO4. The second-order valence-electron chi connectivity index (χ2n) is 5.30. The molecule has 0 aliphatic rings. The highest BCUT2D eigenvalue weighted by molar-refractivity contribution is 6.04. The summed E-state index contributed by atoms with van der Waals surface area (Å²) in [7, 11) is 1.51. The van der Waals surface area contributed by atoms with Gasteiger partial charge in [-0.2, -0.15) is 0 Å². The molecule has 0 unspecified atom stereocenters. The van der Waals surface area contributed by atoms with Crippen molar-refractivity contribution in [3.63, 3.8) is 0 Å². The van der Waals surface area contributed by atoms with Gasteiger partial charge in [-0.15, -0.1) is 0 Å². The molecule has 0 aliphatic heterocycles. The van der Waals surface area contributed by atoms with Crippen LogP contribution in [0.3, 0.4) is 0 Å². The first-order valence-electron chi connectivity index (χ1n) is 7.55. The van der Waals surface area contributed by atoms with E-state index in [9.17, 15) is 9.18 Å². The first-order valence-corrected chi connectivity index (χ1v) is 7.55. The van der Waals surface area contributed by atoms with Gasteiger partial charge < -0.3 is 19.6 Å². The van der Waals surface area contributed by atoms with Crippen LogP contribution in [-0.4, -0.2) is 18.1 Å². The Hall–Kier alpha value is -3.12. The highest BCUT2D eigenvalue weighted by Crippen LogP contribution is 2.33. The third-order valence-electron chi connectivity index (χ3n) is 3.63. The monoisotopic (exact) mass is 341 g/mol. The van der Waals surface area contributed by atoms with Gasteiger partial charge in [0, 0.05) is 17.3 Å². The number of carbonyl (C=O) groups excluding carboxylic acids is 1. The van der Waals surface area contributed by atoms with Gasteiger partial charge in [-0.05, 0) is 42.5 Å². The number of nitrogens with one attached hydrogen (secondary N) is 1. The Kier molecular flexibility index (Phi) is 4.81. The van der Waals surface area contributed by atoms with Gasteiger partial charge in [0.2, 0.25) is 0 Å². The maximum Gasteiger partial charge on any atom is 0.255 e. The van der Waals surface area contributed by atoms with Gasteiger partial charge in [0.05, 0.1) is 12.7 Å². The van der Waals surface area contributed by atoms with Gasteiger partial charge in [-0.3, -0.25) is 4.79 Å². The molecule has 6 heteroatoms. The highest BCUT2D eigenvalue weighted by Gasteiger charge is 2.13. The van der Waals surface area contributed by atoms with Crippen LogP contribution in [-0.2, 0) is 6.61 Å². The summed E-state index contributed by atoms with van der Waals surface area (Å²) < 4.78 is 24.1. The van der Waals surface area contributed by atoms with Crippen molar-refractivity contribution >= 4 is 11.6 Å². The van der Waals surface area contributed by atoms with E-state index in [1.54, 1.807) is 30.3 Å². The van der Waals surface area contributed by atoms with Crippen LogP contribution in [0.2, 0.25) is 0 Å². The Balaban J connectivity index is 1.85. The molecular weight excluding hydrogens is 325 g/mol. The molecule has 25 heavy (non-hydrogen) atoms. The third-order valence-corrected chi connectivity index (χ3v) is 3.63. The molecule has 1 aromatic heterocycles. The minimum atomic E-state index is -0.474. The number of rotatable bonds is 5. The Bertz CT molecular complexity index is 904. The van der Waals surface area contributed by atoms with Gasteiger partial charge in [-0.25, -0.2) is 4.39 Å². The third kappa shape index (κ3) is 3.70. The van der Waals surface area contributed by atoms with E-state index in [-0.39, 0.29) is 12.2 Å². The van der Waals surface area contributed by atoms with Crippen molar-refractivity contribution in [2.45, 2.75) is 6.61 Å². The van der Waals surface area contributed by atoms with Crippen LogP contribution in [0.5, 0.6) is 5.75 Å². The quantitative estimate of drug-likeness (QED) is 0.740. The Labute approximate surface area is 143 Å². The van der Waals surface area contributed by atoms with Crippen molar-refractivity contribution in [3.8, 4) is 17.1 Å². The van der Waals surface area contributed by atoms with E-state index in [1.807, 2.05) is 0 Å². The lowest BCUT2D eigenvalue weighted by Crippen LogP contribution is -2.12. The number of aliphatic hydroxyl groups excluding tert-OH is 1. The van der Waals surface area contributed by atoms with Crippen molar-refractivity contribution < 1.29 is 23.4 Å². The number of methoxy groups -OCH3 is 1. The van der Waals surface area contributed by atoms with E-state index in [2.05, 4.69) is 5.32 Å². The summed E-state index contributed by atoms with van der Waals surface area (Å²) in [6.07, 6.45) is 0. The largest absolute Gasteiger partial charge is 0.496 e. The zero-order chi connectivity index (χ0) is 17.8. The Morgan fingerprint density at radius 2 is 2.04 bits per heavy atom. The average molecular weight is 341 g/mol. The van der Waals surface area contributed by atoms with E-state index in [4.69, 9.17) is 14.3 Å². The number of aliphatic hydroxyl groups is 1. The van der Waals surface area contributed by atoms with Crippen LogP contribution in [0.4, 0.5) is 10.1 Å². The number of carbonyl (C=O) groups is 1. The lowest BCUT2D eigenvalue weighted by Gasteiger charge is -2.10. The molecule has 0 radical (unpaired) electrons. The molecule has 3 aromatic rings. The summed E-state index contributed by atoms with van der Waals surface area (Å²) in [6, 6.07) is 13.9. The number of ether oxygens (including phenoxy) is 1. The topological polar surface area (TPSA) is 71.7 Å². The SMILES string of the molecule is COc1cc(NC(=O)c2cccc(F)c2)ccc1-c1ccc(CO)o1. The van der Waals surface area contributed by atoms with Crippen LogP contribution < -0.4 is 10.1 Å². The summed E-state index contributed by atoms with van der Waals surface area (Å²) in [5, 5.41) is 11.8. The molecule has 1 heterocycles. The molecule has 0 fully saturated rings. The van der Waals surface area contributed by atoms with Crippen molar-refractivity contribution in [1.29, 1.82) is 0 Å². The lowest BCUT2D eigenvalue weighted by atomic mass is 10.1.